The predicted molar refractivity (Wildman–Crippen MR) is 62.7 cm³/mol. The van der Waals surface area contributed by atoms with Crippen LogP contribution in [0.25, 0.3) is 11.1 Å². The Balaban J connectivity index is 2.16. The topological polar surface area (TPSA) is 26.3 Å². The van der Waals surface area contributed by atoms with Crippen molar-refractivity contribution in [3.8, 4) is 11.1 Å². The smallest absolute Gasteiger partial charge is 0.293 e. The van der Waals surface area contributed by atoms with E-state index in [4.69, 9.17) is 0 Å². The first kappa shape index (κ1) is 10.4. The summed E-state index contributed by atoms with van der Waals surface area (Å²) in [6.45, 7) is 0.795. The van der Waals surface area contributed by atoms with Gasteiger partial charge >= 0.3 is 0 Å². The average Bonchev–Trinajstić information content (AvgIpc) is 2.38. The molecule has 80 valence electrons. The number of hydrogen-bond acceptors (Lipinski definition) is 2. The van der Waals surface area contributed by atoms with Gasteiger partial charge in [-0.15, -0.1) is 0 Å². The van der Waals surface area contributed by atoms with Gasteiger partial charge < -0.3 is 4.74 Å². The molecule has 0 N–H and O–H groups in total. The van der Waals surface area contributed by atoms with E-state index in [1.165, 1.54) is 5.56 Å². The summed E-state index contributed by atoms with van der Waals surface area (Å²) >= 11 is 0. The largest absolute Gasteiger partial charge is 0.463 e. The molecule has 0 atom stereocenters. The molecule has 0 bridgehead atoms. The molecule has 0 fully saturated rings. The molecule has 16 heavy (non-hydrogen) atoms. The van der Waals surface area contributed by atoms with Gasteiger partial charge in [-0.25, -0.2) is 0 Å². The highest BCUT2D eigenvalue weighted by atomic mass is 16.5. The molecule has 0 saturated carbocycles. The first-order valence-electron chi connectivity index (χ1n) is 5.10. The van der Waals surface area contributed by atoms with Crippen molar-refractivity contribution in [2.75, 3.05) is 0 Å². The van der Waals surface area contributed by atoms with Crippen molar-refractivity contribution >= 4 is 6.47 Å². The maximum absolute atomic E-state index is 10.0. The van der Waals surface area contributed by atoms with Crippen LogP contribution in [0.1, 0.15) is 5.56 Å². The van der Waals surface area contributed by atoms with Gasteiger partial charge in [0.25, 0.3) is 6.47 Å². The molecule has 2 heteroatoms. The van der Waals surface area contributed by atoms with Crippen LogP contribution in [0.4, 0.5) is 0 Å². The number of ether oxygens (including phenoxy) is 1. The van der Waals surface area contributed by atoms with Gasteiger partial charge in [0.2, 0.25) is 0 Å². The zero-order chi connectivity index (χ0) is 11.2. The lowest BCUT2D eigenvalue weighted by atomic mass is 10.0. The first-order valence-corrected chi connectivity index (χ1v) is 5.10. The molecule has 0 aliphatic rings. The molecular formula is C14H12O2. The van der Waals surface area contributed by atoms with E-state index in [-0.39, 0.29) is 0 Å². The zero-order valence-electron chi connectivity index (χ0n) is 8.80. The summed E-state index contributed by atoms with van der Waals surface area (Å²) in [5.74, 6) is 0. The van der Waals surface area contributed by atoms with Crippen LogP contribution in [0, 0.1) is 0 Å². The van der Waals surface area contributed by atoms with Crippen molar-refractivity contribution in [1.82, 2.24) is 0 Å². The van der Waals surface area contributed by atoms with Crippen LogP contribution in [0.5, 0.6) is 0 Å². The van der Waals surface area contributed by atoms with Crippen LogP contribution in [-0.2, 0) is 16.1 Å². The molecule has 0 aliphatic carbocycles. The minimum absolute atomic E-state index is 0.332. The SMILES string of the molecule is O=COCc1ccc(-c2ccccc2)cc1. The molecule has 0 aliphatic heterocycles. The van der Waals surface area contributed by atoms with E-state index in [9.17, 15) is 4.79 Å². The monoisotopic (exact) mass is 212 g/mol. The summed E-state index contributed by atoms with van der Waals surface area (Å²) in [6.07, 6.45) is 0. The fourth-order valence-electron chi connectivity index (χ4n) is 1.55. The molecule has 2 aromatic carbocycles. The Hall–Kier alpha value is -2.09. The normalized spacial score (nSPS) is 9.75. The third kappa shape index (κ3) is 2.48. The fourth-order valence-corrected chi connectivity index (χ4v) is 1.55. The number of carbonyl (C=O) groups excluding carboxylic acids is 1. The van der Waals surface area contributed by atoms with E-state index in [0.29, 0.717) is 13.1 Å². The quantitative estimate of drug-likeness (QED) is 0.728. The first-order chi connectivity index (χ1) is 7.90. The Labute approximate surface area is 94.5 Å². The second-order valence-electron chi connectivity index (χ2n) is 3.47. The number of benzene rings is 2. The molecular weight excluding hydrogens is 200 g/mol. The summed E-state index contributed by atoms with van der Waals surface area (Å²) in [5.41, 5.74) is 3.34. The van der Waals surface area contributed by atoms with Gasteiger partial charge in [-0.2, -0.15) is 0 Å². The van der Waals surface area contributed by atoms with E-state index in [0.717, 1.165) is 11.1 Å². The minimum Gasteiger partial charge on any atom is -0.463 e. The van der Waals surface area contributed by atoms with Gasteiger partial charge in [-0.3, -0.25) is 4.79 Å². The van der Waals surface area contributed by atoms with E-state index in [2.05, 4.69) is 16.9 Å². The van der Waals surface area contributed by atoms with Crippen molar-refractivity contribution in [2.45, 2.75) is 6.61 Å². The molecule has 2 aromatic rings. The van der Waals surface area contributed by atoms with Crippen LogP contribution >= 0.6 is 0 Å². The number of hydrogen-bond donors (Lipinski definition) is 0. The van der Waals surface area contributed by atoms with Gasteiger partial charge in [0.15, 0.2) is 0 Å². The van der Waals surface area contributed by atoms with Crippen molar-refractivity contribution in [1.29, 1.82) is 0 Å². The molecule has 0 aromatic heterocycles. The summed E-state index contributed by atoms with van der Waals surface area (Å²) in [5, 5.41) is 0. The zero-order valence-corrected chi connectivity index (χ0v) is 8.80. The third-order valence-electron chi connectivity index (χ3n) is 2.38. The van der Waals surface area contributed by atoms with E-state index >= 15 is 0 Å². The van der Waals surface area contributed by atoms with E-state index in [1.54, 1.807) is 0 Å². The Morgan fingerprint density at radius 2 is 1.50 bits per heavy atom. The summed E-state index contributed by atoms with van der Waals surface area (Å²) in [6, 6.07) is 18.1. The van der Waals surface area contributed by atoms with Gasteiger partial charge in [0.05, 0.1) is 0 Å². The van der Waals surface area contributed by atoms with Crippen molar-refractivity contribution in [2.24, 2.45) is 0 Å². The molecule has 2 rings (SSSR count). The van der Waals surface area contributed by atoms with Crippen molar-refractivity contribution in [3.63, 3.8) is 0 Å². The van der Waals surface area contributed by atoms with Crippen LogP contribution in [0.15, 0.2) is 54.6 Å². The maximum Gasteiger partial charge on any atom is 0.293 e. The average molecular weight is 212 g/mol. The summed E-state index contributed by atoms with van der Waals surface area (Å²) in [4.78, 5) is 10.0. The molecule has 0 radical (unpaired) electrons. The molecule has 0 unspecified atom stereocenters. The fraction of sp³-hybridized carbons (Fsp3) is 0.0714. The summed E-state index contributed by atoms with van der Waals surface area (Å²) < 4.78 is 4.68. The van der Waals surface area contributed by atoms with Gasteiger partial charge in [-0.05, 0) is 16.7 Å². The summed E-state index contributed by atoms with van der Waals surface area (Å²) in [7, 11) is 0. The standard InChI is InChI=1S/C14H12O2/c15-11-16-10-12-6-8-14(9-7-12)13-4-2-1-3-5-13/h1-9,11H,10H2. The van der Waals surface area contributed by atoms with Crippen molar-refractivity contribution < 1.29 is 9.53 Å². The highest BCUT2D eigenvalue weighted by Gasteiger charge is 1.97. The lowest BCUT2D eigenvalue weighted by molar-refractivity contribution is -0.129. The molecule has 0 amide bonds. The minimum atomic E-state index is 0.332. The van der Waals surface area contributed by atoms with Crippen LogP contribution in [0.3, 0.4) is 0 Å². The maximum atomic E-state index is 10.0. The Kier molecular flexibility index (Phi) is 3.34. The second kappa shape index (κ2) is 5.12. The van der Waals surface area contributed by atoms with Gasteiger partial charge in [-0.1, -0.05) is 54.6 Å². The number of carbonyl (C=O) groups is 1. The van der Waals surface area contributed by atoms with Gasteiger partial charge in [0.1, 0.15) is 6.61 Å². The van der Waals surface area contributed by atoms with Gasteiger partial charge in [0, 0.05) is 0 Å². The van der Waals surface area contributed by atoms with Crippen LogP contribution in [0.2, 0.25) is 0 Å². The highest BCUT2D eigenvalue weighted by molar-refractivity contribution is 5.63. The molecule has 0 heterocycles. The van der Waals surface area contributed by atoms with Crippen LogP contribution < -0.4 is 0 Å². The van der Waals surface area contributed by atoms with Crippen molar-refractivity contribution in [3.05, 3.63) is 60.2 Å². The third-order valence-corrected chi connectivity index (χ3v) is 2.38. The Morgan fingerprint density at radius 1 is 0.875 bits per heavy atom. The highest BCUT2D eigenvalue weighted by Crippen LogP contribution is 2.19. The van der Waals surface area contributed by atoms with E-state index < -0.39 is 0 Å². The molecule has 0 saturated heterocycles. The lowest BCUT2D eigenvalue weighted by Gasteiger charge is -2.03. The number of rotatable bonds is 4. The Bertz CT molecular complexity index is 446. The Morgan fingerprint density at radius 3 is 2.12 bits per heavy atom. The van der Waals surface area contributed by atoms with Crippen LogP contribution in [-0.4, -0.2) is 6.47 Å². The lowest BCUT2D eigenvalue weighted by Crippen LogP contribution is -1.89. The predicted octanol–water partition coefficient (Wildman–Crippen LogP) is 3.03. The molecule has 0 spiro atoms. The van der Waals surface area contributed by atoms with E-state index in [1.807, 2.05) is 42.5 Å². The second-order valence-corrected chi connectivity index (χ2v) is 3.47. The molecule has 2 nitrogen and oxygen atoms in total.